The molecule has 8 heteroatoms. The smallest absolute Gasteiger partial charge is 0.205 e. The molecule has 0 aromatic carbocycles. The summed E-state index contributed by atoms with van der Waals surface area (Å²) in [5.41, 5.74) is -6.46. The number of halogens is 3. The summed E-state index contributed by atoms with van der Waals surface area (Å²) in [7, 11) is 0. The summed E-state index contributed by atoms with van der Waals surface area (Å²) in [6, 6.07) is -0.974. The summed E-state index contributed by atoms with van der Waals surface area (Å²) in [6.45, 7) is 7.01. The lowest BCUT2D eigenvalue weighted by atomic mass is 9.43. The van der Waals surface area contributed by atoms with Gasteiger partial charge in [-0.25, -0.2) is 13.2 Å². The van der Waals surface area contributed by atoms with Crippen molar-refractivity contribution in [1.29, 1.82) is 0 Å². The van der Waals surface area contributed by atoms with E-state index in [4.69, 9.17) is 0 Å². The van der Waals surface area contributed by atoms with Crippen LogP contribution in [0.3, 0.4) is 0 Å². The number of Topliss-reactive ketones (excluding diaryl/α,β-unsaturated/α-hetero) is 1. The number of thioether (sulfide) groups is 1. The minimum absolute atomic E-state index is 0.0376. The van der Waals surface area contributed by atoms with Crippen LogP contribution in [0.1, 0.15) is 53.4 Å². The number of aliphatic hydroxyl groups is 1. The van der Waals surface area contributed by atoms with Gasteiger partial charge >= 0.3 is 0 Å². The van der Waals surface area contributed by atoms with Gasteiger partial charge in [0, 0.05) is 17.3 Å². The Morgan fingerprint density at radius 2 is 1.83 bits per heavy atom. The normalized spacial score (nSPS) is 52.3. The first kappa shape index (κ1) is 25.2. The molecule has 0 aromatic rings. The summed E-state index contributed by atoms with van der Waals surface area (Å²) in [5.74, 6) is -2.86. The van der Waals surface area contributed by atoms with Gasteiger partial charge in [0.05, 0.1) is 6.10 Å². The predicted octanol–water partition coefficient (Wildman–Crippen LogP) is 4.95. The maximum atomic E-state index is 17.3. The molecular weight excluding hydrogens is 477 g/mol. The number of rotatable bonds is 4. The zero-order chi connectivity index (χ0) is 25.7. The Kier molecular flexibility index (Phi) is 5.62. The maximum Gasteiger partial charge on any atom is 0.205 e. The topological polar surface area (TPSA) is 71.4 Å². The zero-order valence-electron chi connectivity index (χ0n) is 20.5. The molecule has 11 atom stereocenters. The van der Waals surface area contributed by atoms with Crippen LogP contribution in [0.2, 0.25) is 0 Å². The molecule has 5 rings (SSSR count). The van der Waals surface area contributed by atoms with Crippen LogP contribution in [0.25, 0.3) is 0 Å². The van der Waals surface area contributed by atoms with E-state index in [9.17, 15) is 23.9 Å². The highest BCUT2D eigenvalue weighted by atomic mass is 32.2. The van der Waals surface area contributed by atoms with Crippen LogP contribution in [0.15, 0.2) is 23.8 Å². The maximum absolute atomic E-state index is 17.3. The molecule has 0 aromatic heterocycles. The lowest BCUT2D eigenvalue weighted by molar-refractivity contribution is -0.210. The highest BCUT2D eigenvalue weighted by Gasteiger charge is 2.79. The van der Waals surface area contributed by atoms with Gasteiger partial charge in [-0.15, -0.1) is 0 Å². The second-order valence-corrected chi connectivity index (χ2v) is 12.9. The third-order valence-electron chi connectivity index (χ3n) is 10.6. The minimum Gasteiger partial charge on any atom is -0.390 e. The molecule has 0 amide bonds. The van der Waals surface area contributed by atoms with Crippen molar-refractivity contribution in [2.45, 2.75) is 71.3 Å². The van der Waals surface area contributed by atoms with E-state index < -0.39 is 68.8 Å². The SMILES string of the molecule is CC1CC1C(=O)[C@]1(C(=O)SCF)[C@H](C)C[C@H]2[C@@H]3C[C@H](F)C4=CC(=O)C=C[C@]4(C)[C@@]3(F)[C@@H](O)C[C@@]21C. The van der Waals surface area contributed by atoms with Crippen molar-refractivity contribution in [2.75, 3.05) is 6.01 Å². The van der Waals surface area contributed by atoms with Crippen molar-refractivity contribution < 1.29 is 32.7 Å². The monoisotopic (exact) mass is 510 g/mol. The van der Waals surface area contributed by atoms with E-state index in [-0.39, 0.29) is 36.0 Å². The van der Waals surface area contributed by atoms with E-state index in [2.05, 4.69) is 0 Å². The lowest BCUT2D eigenvalue weighted by Crippen LogP contribution is -2.70. The summed E-state index contributed by atoms with van der Waals surface area (Å²) in [5, 5.41) is 11.0. The zero-order valence-corrected chi connectivity index (χ0v) is 21.3. The van der Waals surface area contributed by atoms with Gasteiger partial charge in [-0.3, -0.25) is 14.4 Å². The first-order chi connectivity index (χ1) is 16.3. The van der Waals surface area contributed by atoms with Gasteiger partial charge in [-0.1, -0.05) is 38.6 Å². The Bertz CT molecular complexity index is 1060. The Morgan fingerprint density at radius 1 is 1.17 bits per heavy atom. The molecule has 0 aliphatic heterocycles. The molecule has 0 radical (unpaired) electrons. The number of carbonyl (C=O) groups is 3. The number of aliphatic hydroxyl groups excluding tert-OH is 1. The lowest BCUT2D eigenvalue weighted by Gasteiger charge is -2.63. The fourth-order valence-corrected chi connectivity index (χ4v) is 9.63. The third-order valence-corrected chi connectivity index (χ3v) is 11.3. The van der Waals surface area contributed by atoms with Crippen LogP contribution in [0.5, 0.6) is 0 Å². The summed E-state index contributed by atoms with van der Waals surface area (Å²) >= 11 is 0.474. The minimum atomic E-state index is -2.27. The second-order valence-electron chi connectivity index (χ2n) is 12.0. The molecule has 35 heavy (non-hydrogen) atoms. The van der Waals surface area contributed by atoms with Gasteiger partial charge in [0.1, 0.15) is 17.6 Å². The molecule has 2 unspecified atom stereocenters. The molecule has 0 bridgehead atoms. The van der Waals surface area contributed by atoms with E-state index in [1.54, 1.807) is 13.8 Å². The number of allylic oxidation sites excluding steroid dienone is 4. The van der Waals surface area contributed by atoms with Crippen LogP contribution in [-0.4, -0.2) is 45.7 Å². The molecular formula is C27H33F3O4S. The van der Waals surface area contributed by atoms with E-state index in [0.29, 0.717) is 24.6 Å². The average Bonchev–Trinajstić information content (AvgIpc) is 3.46. The van der Waals surface area contributed by atoms with Gasteiger partial charge < -0.3 is 5.11 Å². The van der Waals surface area contributed by atoms with Crippen molar-refractivity contribution in [1.82, 2.24) is 0 Å². The van der Waals surface area contributed by atoms with E-state index in [0.717, 1.165) is 6.08 Å². The van der Waals surface area contributed by atoms with Crippen LogP contribution < -0.4 is 0 Å². The summed E-state index contributed by atoms with van der Waals surface area (Å²) in [4.78, 5) is 39.7. The van der Waals surface area contributed by atoms with E-state index in [1.807, 2.05) is 6.92 Å². The fraction of sp³-hybridized carbons (Fsp3) is 0.741. The highest BCUT2D eigenvalue weighted by Crippen LogP contribution is 2.74. The van der Waals surface area contributed by atoms with Gasteiger partial charge in [0.25, 0.3) is 0 Å². The van der Waals surface area contributed by atoms with Crippen molar-refractivity contribution in [2.24, 2.45) is 45.8 Å². The van der Waals surface area contributed by atoms with Gasteiger partial charge in [0.2, 0.25) is 5.12 Å². The molecule has 4 fully saturated rings. The summed E-state index contributed by atoms with van der Waals surface area (Å²) in [6.07, 6.45) is 1.13. The number of hydrogen-bond donors (Lipinski definition) is 1. The van der Waals surface area contributed by atoms with Crippen LogP contribution in [-0.2, 0) is 14.4 Å². The Morgan fingerprint density at radius 3 is 2.43 bits per heavy atom. The Labute approximate surface area is 208 Å². The quantitative estimate of drug-likeness (QED) is 0.542. The van der Waals surface area contributed by atoms with Gasteiger partial charge in [0.15, 0.2) is 17.2 Å². The third kappa shape index (κ3) is 2.90. The van der Waals surface area contributed by atoms with Crippen LogP contribution >= 0.6 is 11.8 Å². The molecule has 1 N–H and O–H groups in total. The van der Waals surface area contributed by atoms with Crippen molar-refractivity contribution in [3.8, 4) is 0 Å². The molecule has 192 valence electrons. The molecule has 5 aliphatic carbocycles. The Balaban J connectivity index is 1.66. The number of fused-ring (bicyclic) bond motifs is 5. The number of ketones is 2. The van der Waals surface area contributed by atoms with Crippen LogP contribution in [0.4, 0.5) is 13.2 Å². The van der Waals surface area contributed by atoms with Crippen LogP contribution in [0, 0.1) is 45.8 Å². The predicted molar refractivity (Wildman–Crippen MR) is 126 cm³/mol. The largest absolute Gasteiger partial charge is 0.390 e. The fourth-order valence-electron chi connectivity index (χ4n) is 8.76. The van der Waals surface area contributed by atoms with Gasteiger partial charge in [-0.2, -0.15) is 0 Å². The van der Waals surface area contributed by atoms with E-state index >= 15 is 8.78 Å². The van der Waals surface area contributed by atoms with E-state index in [1.165, 1.54) is 19.1 Å². The standard InChI is InChI=1S/C27H33F3O4S/c1-13-7-16(13)22(33)26(23(34)35-12-28)14(2)8-17-18-10-20(29)19-9-15(31)5-6-24(19,3)27(18,30)21(32)11-25(17,26)4/h5-6,9,13-14,16-18,20-21,32H,7-8,10-12H2,1-4H3/t13?,14-,16?,17+,18+,20+,21+,24+,25+,26+,27+/m1/s1. The molecule has 0 saturated heterocycles. The number of alkyl halides is 3. The molecule has 4 nitrogen and oxygen atoms in total. The number of hydrogen-bond acceptors (Lipinski definition) is 5. The van der Waals surface area contributed by atoms with Gasteiger partial charge in [-0.05, 0) is 73.5 Å². The average molecular weight is 511 g/mol. The molecule has 5 aliphatic rings. The van der Waals surface area contributed by atoms with Crippen molar-refractivity contribution in [3.63, 3.8) is 0 Å². The second kappa shape index (κ2) is 7.80. The van der Waals surface area contributed by atoms with Crippen molar-refractivity contribution in [3.05, 3.63) is 23.8 Å². The summed E-state index contributed by atoms with van der Waals surface area (Å²) < 4.78 is 46.4. The Hall–Kier alpha value is -1.41. The highest BCUT2D eigenvalue weighted by molar-refractivity contribution is 8.13. The first-order valence-electron chi connectivity index (χ1n) is 12.5. The van der Waals surface area contributed by atoms with Crippen molar-refractivity contribution >= 4 is 28.4 Å². The number of carbonyl (C=O) groups excluding carboxylic acids is 3. The molecule has 0 spiro atoms. The first-order valence-corrected chi connectivity index (χ1v) is 13.5. The molecule has 4 saturated carbocycles. The molecule has 0 heterocycles.